The summed E-state index contributed by atoms with van der Waals surface area (Å²) >= 11 is 0. The van der Waals surface area contributed by atoms with Gasteiger partial charge < -0.3 is 4.90 Å². The van der Waals surface area contributed by atoms with Gasteiger partial charge in [0.2, 0.25) is 0 Å². The molecular formula is C16H26N2. The molecular weight excluding hydrogens is 220 g/mol. The number of nitrogens with one attached hydrogen (secondary N) is 1. The van der Waals surface area contributed by atoms with Crippen molar-refractivity contribution in [3.05, 3.63) is 23.9 Å². The van der Waals surface area contributed by atoms with Crippen molar-refractivity contribution in [2.75, 3.05) is 0 Å². The van der Waals surface area contributed by atoms with Crippen LogP contribution < -0.4 is 0 Å². The Bertz CT molecular complexity index is 382. The Morgan fingerprint density at radius 1 is 1.33 bits per heavy atom. The van der Waals surface area contributed by atoms with Crippen LogP contribution in [0, 0.1) is 10.8 Å². The van der Waals surface area contributed by atoms with Crippen molar-refractivity contribution in [3.8, 4) is 0 Å². The topological polar surface area (TPSA) is 27.1 Å². The van der Waals surface area contributed by atoms with E-state index in [2.05, 4.69) is 38.3 Å². The molecule has 1 N–H and O–H groups in total. The van der Waals surface area contributed by atoms with Crippen molar-refractivity contribution in [1.29, 1.82) is 5.41 Å². The van der Waals surface area contributed by atoms with Crippen LogP contribution in [0.1, 0.15) is 59.3 Å². The summed E-state index contributed by atoms with van der Waals surface area (Å²) < 4.78 is 0. The molecule has 18 heavy (non-hydrogen) atoms. The van der Waals surface area contributed by atoms with Gasteiger partial charge in [-0.05, 0) is 32.6 Å². The molecule has 1 heterocycles. The molecule has 100 valence electrons. The molecule has 1 saturated heterocycles. The molecule has 2 heteroatoms. The summed E-state index contributed by atoms with van der Waals surface area (Å²) in [4.78, 5) is 2.25. The lowest BCUT2D eigenvalue weighted by Gasteiger charge is -2.30. The number of rotatable bonds is 5. The molecule has 2 aliphatic rings. The molecule has 1 aliphatic carbocycles. The molecule has 1 spiro atoms. The standard InChI is InChI=1S/C16H26N2/c1-5-8-13(9-6-2)18-12(4)16(10-11-16)14(7-3)15(18)17/h7,13,17H,4-6,8-11H2,1-3H3/b14-7+,17-15?. The third-order valence-electron chi connectivity index (χ3n) is 4.50. The van der Waals surface area contributed by atoms with Gasteiger partial charge in [0.05, 0.1) is 0 Å². The van der Waals surface area contributed by atoms with Gasteiger partial charge >= 0.3 is 0 Å². The zero-order chi connectivity index (χ0) is 13.3. The van der Waals surface area contributed by atoms with Crippen LogP contribution in [0.2, 0.25) is 0 Å². The van der Waals surface area contributed by atoms with Crippen molar-refractivity contribution >= 4 is 5.84 Å². The second-order valence-corrected chi connectivity index (χ2v) is 5.68. The normalized spacial score (nSPS) is 23.8. The highest BCUT2D eigenvalue weighted by molar-refractivity contribution is 6.03. The SMILES string of the molecule is C=C1N(C(CCC)CCC)C(=N)/C(=C\C)C12CC2. The van der Waals surface area contributed by atoms with Crippen LogP contribution in [0.25, 0.3) is 0 Å². The van der Waals surface area contributed by atoms with Crippen molar-refractivity contribution < 1.29 is 0 Å². The minimum atomic E-state index is 0.158. The van der Waals surface area contributed by atoms with Gasteiger partial charge in [-0.15, -0.1) is 0 Å². The first kappa shape index (κ1) is 13.4. The Hall–Kier alpha value is -1.05. The predicted octanol–water partition coefficient (Wildman–Crippen LogP) is 4.49. The number of hydrogen-bond acceptors (Lipinski definition) is 1. The number of likely N-dealkylation sites (tertiary alicyclic amines) is 1. The van der Waals surface area contributed by atoms with Crippen LogP contribution in [0.4, 0.5) is 0 Å². The first-order chi connectivity index (χ1) is 8.62. The van der Waals surface area contributed by atoms with Gasteiger partial charge in [-0.1, -0.05) is 39.3 Å². The van der Waals surface area contributed by atoms with Gasteiger partial charge in [-0.2, -0.15) is 0 Å². The fraction of sp³-hybridized carbons (Fsp3) is 0.688. The first-order valence-corrected chi connectivity index (χ1v) is 7.36. The van der Waals surface area contributed by atoms with E-state index >= 15 is 0 Å². The second-order valence-electron chi connectivity index (χ2n) is 5.68. The highest BCUT2D eigenvalue weighted by Gasteiger charge is 2.57. The van der Waals surface area contributed by atoms with Crippen LogP contribution in [0.15, 0.2) is 23.9 Å². The molecule has 0 radical (unpaired) electrons. The second kappa shape index (κ2) is 4.91. The number of hydrogen-bond donors (Lipinski definition) is 1. The molecule has 0 atom stereocenters. The smallest absolute Gasteiger partial charge is 0.129 e. The summed E-state index contributed by atoms with van der Waals surface area (Å²) in [6, 6.07) is 0.481. The maximum atomic E-state index is 8.47. The maximum absolute atomic E-state index is 8.47. The first-order valence-electron chi connectivity index (χ1n) is 7.36. The van der Waals surface area contributed by atoms with E-state index < -0.39 is 0 Å². The van der Waals surface area contributed by atoms with E-state index in [9.17, 15) is 0 Å². The maximum Gasteiger partial charge on any atom is 0.129 e. The Balaban J connectivity index is 2.27. The Morgan fingerprint density at radius 3 is 2.22 bits per heavy atom. The predicted molar refractivity (Wildman–Crippen MR) is 77.7 cm³/mol. The fourth-order valence-electron chi connectivity index (χ4n) is 3.45. The van der Waals surface area contributed by atoms with Crippen molar-refractivity contribution in [2.45, 2.75) is 65.3 Å². The molecule has 0 bridgehead atoms. The van der Waals surface area contributed by atoms with Gasteiger partial charge in [0.1, 0.15) is 5.84 Å². The average Bonchev–Trinajstić information content (AvgIpc) is 3.08. The average molecular weight is 246 g/mol. The van der Waals surface area contributed by atoms with E-state index in [1.807, 2.05) is 0 Å². The van der Waals surface area contributed by atoms with Gasteiger partial charge in [-0.3, -0.25) is 5.41 Å². The Kier molecular flexibility index (Phi) is 3.65. The third-order valence-corrected chi connectivity index (χ3v) is 4.50. The van der Waals surface area contributed by atoms with Crippen LogP contribution in [-0.4, -0.2) is 16.8 Å². The molecule has 2 rings (SSSR count). The lowest BCUT2D eigenvalue weighted by Crippen LogP contribution is -2.35. The summed E-state index contributed by atoms with van der Waals surface area (Å²) in [5.74, 6) is 0.729. The largest absolute Gasteiger partial charge is 0.327 e. The Morgan fingerprint density at radius 2 is 1.89 bits per heavy atom. The van der Waals surface area contributed by atoms with E-state index in [1.54, 1.807) is 0 Å². The van der Waals surface area contributed by atoms with E-state index in [0.29, 0.717) is 6.04 Å². The van der Waals surface area contributed by atoms with Crippen LogP contribution in [-0.2, 0) is 0 Å². The van der Waals surface area contributed by atoms with Crippen molar-refractivity contribution in [3.63, 3.8) is 0 Å². The molecule has 0 amide bonds. The minimum Gasteiger partial charge on any atom is -0.327 e. The van der Waals surface area contributed by atoms with Gasteiger partial charge in [-0.25, -0.2) is 0 Å². The highest BCUT2D eigenvalue weighted by atomic mass is 15.3. The van der Waals surface area contributed by atoms with Crippen molar-refractivity contribution in [1.82, 2.24) is 4.90 Å². The summed E-state index contributed by atoms with van der Waals surface area (Å²) in [6.45, 7) is 10.9. The van der Waals surface area contributed by atoms with Gasteiger partial charge in [0, 0.05) is 22.7 Å². The van der Waals surface area contributed by atoms with Crippen LogP contribution >= 0.6 is 0 Å². The summed E-state index contributed by atoms with van der Waals surface area (Å²) in [5.41, 5.74) is 2.59. The monoisotopic (exact) mass is 246 g/mol. The molecule has 1 saturated carbocycles. The molecule has 0 aromatic heterocycles. The molecule has 0 aromatic carbocycles. The summed E-state index contributed by atoms with van der Waals surface area (Å²) in [5, 5.41) is 8.47. The van der Waals surface area contributed by atoms with Crippen LogP contribution in [0.3, 0.4) is 0 Å². The zero-order valence-corrected chi connectivity index (χ0v) is 12.1. The lowest BCUT2D eigenvalue weighted by atomic mass is 9.96. The fourth-order valence-corrected chi connectivity index (χ4v) is 3.45. The zero-order valence-electron chi connectivity index (χ0n) is 12.1. The summed E-state index contributed by atoms with van der Waals surface area (Å²) in [6.07, 6.45) is 9.21. The quantitative estimate of drug-likeness (QED) is 0.760. The molecule has 0 aromatic rings. The summed E-state index contributed by atoms with van der Waals surface area (Å²) in [7, 11) is 0. The van der Waals surface area contributed by atoms with Gasteiger partial charge in [0.15, 0.2) is 0 Å². The lowest BCUT2D eigenvalue weighted by molar-refractivity contribution is 0.323. The molecule has 2 fully saturated rings. The van der Waals surface area contributed by atoms with Crippen molar-refractivity contribution in [2.24, 2.45) is 5.41 Å². The highest BCUT2D eigenvalue weighted by Crippen LogP contribution is 2.62. The van der Waals surface area contributed by atoms with E-state index in [1.165, 1.54) is 49.8 Å². The third kappa shape index (κ3) is 1.82. The minimum absolute atomic E-state index is 0.158. The molecule has 2 nitrogen and oxygen atoms in total. The van der Waals surface area contributed by atoms with E-state index in [4.69, 9.17) is 5.41 Å². The number of nitrogens with zero attached hydrogens (tertiary/aromatic N) is 1. The van der Waals surface area contributed by atoms with E-state index in [0.717, 1.165) is 5.84 Å². The Labute approximate surface area is 111 Å². The molecule has 0 unspecified atom stereocenters. The number of allylic oxidation sites excluding steroid dienone is 2. The molecule has 1 aliphatic heterocycles. The number of amidine groups is 1. The van der Waals surface area contributed by atoms with Crippen LogP contribution in [0.5, 0.6) is 0 Å². The van der Waals surface area contributed by atoms with Gasteiger partial charge in [0.25, 0.3) is 0 Å². The van der Waals surface area contributed by atoms with E-state index in [-0.39, 0.29) is 5.41 Å².